The van der Waals surface area contributed by atoms with E-state index in [1.54, 1.807) is 16.5 Å². The van der Waals surface area contributed by atoms with E-state index in [2.05, 4.69) is 4.98 Å². The number of aromatic nitrogens is 4. The molecule has 13 heteroatoms. The molecule has 1 aliphatic carbocycles. The zero-order valence-electron chi connectivity index (χ0n) is 19.8. The molecule has 0 bridgehead atoms. The molecule has 1 saturated carbocycles. The van der Waals surface area contributed by atoms with E-state index in [9.17, 15) is 22.0 Å². The number of hydrogen-bond donors (Lipinski definition) is 1. The Bertz CT molecular complexity index is 1620. The number of carbonyl (C=O) groups is 1. The number of amides is 1. The maximum Gasteiger partial charge on any atom is 0.329 e. The third-order valence-electron chi connectivity index (χ3n) is 6.28. The number of hydrogen-bond acceptors (Lipinski definition) is 6. The molecule has 1 fully saturated rings. The monoisotopic (exact) mass is 518 g/mol. The van der Waals surface area contributed by atoms with Crippen LogP contribution in [0.3, 0.4) is 0 Å². The van der Waals surface area contributed by atoms with E-state index in [0.717, 1.165) is 18.5 Å². The molecule has 1 amide bonds. The number of sulfonamides is 1. The highest BCUT2D eigenvalue weighted by Crippen LogP contribution is 2.37. The Morgan fingerprint density at radius 3 is 2.56 bits per heavy atom. The van der Waals surface area contributed by atoms with Gasteiger partial charge in [-0.3, -0.25) is 9.20 Å². The normalized spacial score (nSPS) is 14.2. The van der Waals surface area contributed by atoms with Crippen molar-refractivity contribution in [3.05, 3.63) is 41.6 Å². The zero-order chi connectivity index (χ0) is 25.9. The van der Waals surface area contributed by atoms with Crippen LogP contribution in [0.2, 0.25) is 0 Å². The number of nitrogens with zero attached hydrogens (tertiary/aromatic N) is 5. The maximum absolute atomic E-state index is 13.6. The van der Waals surface area contributed by atoms with Crippen LogP contribution in [-0.2, 0) is 16.6 Å². The lowest BCUT2D eigenvalue weighted by Gasteiger charge is -2.20. The predicted octanol–water partition coefficient (Wildman–Crippen LogP) is 3.17. The summed E-state index contributed by atoms with van der Waals surface area (Å²) in [5.74, 6) is -0.212. The number of aryl methyl sites for hydroxylation is 1. The van der Waals surface area contributed by atoms with Gasteiger partial charge in [-0.2, -0.15) is 13.1 Å². The van der Waals surface area contributed by atoms with Gasteiger partial charge in [-0.15, -0.1) is 0 Å². The Labute approximate surface area is 205 Å². The summed E-state index contributed by atoms with van der Waals surface area (Å²) in [6.07, 6.45) is 2.75. The highest BCUT2D eigenvalue weighted by Gasteiger charge is 2.30. The topological polar surface area (TPSA) is 125 Å². The first kappa shape index (κ1) is 24.0. The minimum atomic E-state index is -4.25. The van der Waals surface area contributed by atoms with Gasteiger partial charge >= 0.3 is 6.55 Å². The Kier molecular flexibility index (Phi) is 5.62. The fourth-order valence-corrected chi connectivity index (χ4v) is 5.14. The van der Waals surface area contributed by atoms with Crippen LogP contribution in [-0.4, -0.2) is 53.2 Å². The molecule has 0 unspecified atom stereocenters. The summed E-state index contributed by atoms with van der Waals surface area (Å²) < 4.78 is 60.5. The van der Waals surface area contributed by atoms with Crippen molar-refractivity contribution in [1.82, 2.24) is 18.9 Å². The minimum Gasteiger partial charge on any atom is -0.482 e. The SMILES string of the molecule is COc1cc(C(N)=O)cc2nc(-c3cc4ccc(N(C(F)F)S(C)(=O)=O)nc4n3CC3CC3)c(C)n12. The summed E-state index contributed by atoms with van der Waals surface area (Å²) in [4.78, 5) is 20.9. The number of nitrogens with two attached hydrogens (primary N) is 1. The highest BCUT2D eigenvalue weighted by molar-refractivity contribution is 7.92. The second kappa shape index (κ2) is 8.43. The Morgan fingerprint density at radius 1 is 1.25 bits per heavy atom. The van der Waals surface area contributed by atoms with Crippen LogP contribution in [0.5, 0.6) is 5.88 Å². The van der Waals surface area contributed by atoms with E-state index in [1.807, 2.05) is 17.6 Å². The number of imidazole rings is 1. The molecular formula is C23H24F2N6O4S. The van der Waals surface area contributed by atoms with Gasteiger partial charge in [0.05, 0.1) is 24.8 Å². The molecule has 0 radical (unpaired) electrons. The number of methoxy groups -OCH3 is 1. The zero-order valence-corrected chi connectivity index (χ0v) is 20.6. The largest absolute Gasteiger partial charge is 0.482 e. The van der Waals surface area contributed by atoms with E-state index in [1.165, 1.54) is 19.2 Å². The summed E-state index contributed by atoms with van der Waals surface area (Å²) in [6, 6.07) is 7.78. The van der Waals surface area contributed by atoms with E-state index < -0.39 is 22.5 Å². The smallest absolute Gasteiger partial charge is 0.329 e. The first-order valence-corrected chi connectivity index (χ1v) is 13.0. The summed E-state index contributed by atoms with van der Waals surface area (Å²) in [7, 11) is -2.78. The van der Waals surface area contributed by atoms with Gasteiger partial charge in [0, 0.05) is 23.6 Å². The van der Waals surface area contributed by atoms with E-state index in [4.69, 9.17) is 15.5 Å². The van der Waals surface area contributed by atoms with Crippen molar-refractivity contribution in [2.24, 2.45) is 11.7 Å². The fourth-order valence-electron chi connectivity index (χ4n) is 4.41. The van der Waals surface area contributed by atoms with Crippen LogP contribution in [0.15, 0.2) is 30.3 Å². The minimum absolute atomic E-state index is 0.00691. The van der Waals surface area contributed by atoms with Gasteiger partial charge in [0.2, 0.25) is 15.9 Å². The number of pyridine rings is 2. The number of anilines is 1. The number of alkyl halides is 2. The van der Waals surface area contributed by atoms with Crippen molar-refractivity contribution < 1.29 is 26.7 Å². The standard InChI is InChI=1S/C23H24F2N6O4S/c1-12-20(27-18-9-15(21(26)32)10-19(35-2)30(12)18)16-8-14-6-7-17(31(23(24)25)36(3,33)34)28-22(14)29(16)11-13-4-5-13/h6-10,13,23H,4-5,11H2,1-3H3,(H2,26,32). The van der Waals surface area contributed by atoms with Gasteiger partial charge in [0.15, 0.2) is 5.88 Å². The van der Waals surface area contributed by atoms with Crippen LogP contribution < -0.4 is 14.8 Å². The van der Waals surface area contributed by atoms with Crippen LogP contribution in [0.1, 0.15) is 28.9 Å². The average Bonchev–Trinajstić information content (AvgIpc) is 3.47. The van der Waals surface area contributed by atoms with Crippen molar-refractivity contribution in [2.45, 2.75) is 32.9 Å². The van der Waals surface area contributed by atoms with Crippen molar-refractivity contribution in [1.29, 1.82) is 0 Å². The van der Waals surface area contributed by atoms with Crippen LogP contribution in [0.25, 0.3) is 28.1 Å². The van der Waals surface area contributed by atoms with Gasteiger partial charge in [-0.05, 0) is 49.9 Å². The molecule has 36 heavy (non-hydrogen) atoms. The number of halogens is 2. The third kappa shape index (κ3) is 4.02. The molecule has 0 aliphatic heterocycles. The summed E-state index contributed by atoms with van der Waals surface area (Å²) in [5, 5.41) is 0.651. The number of ether oxygens (including phenoxy) is 1. The Hall–Kier alpha value is -3.74. The second-order valence-electron chi connectivity index (χ2n) is 8.89. The summed E-state index contributed by atoms with van der Waals surface area (Å²) in [6.45, 7) is -0.856. The molecule has 0 spiro atoms. The number of primary amides is 1. The van der Waals surface area contributed by atoms with Crippen LogP contribution in [0, 0.1) is 12.8 Å². The number of fused-ring (bicyclic) bond motifs is 2. The van der Waals surface area contributed by atoms with Crippen molar-refractivity contribution in [3.63, 3.8) is 0 Å². The highest BCUT2D eigenvalue weighted by atomic mass is 32.2. The van der Waals surface area contributed by atoms with E-state index >= 15 is 0 Å². The van der Waals surface area contributed by atoms with Gasteiger partial charge in [0.25, 0.3) is 0 Å². The molecule has 1 aliphatic rings. The molecule has 4 heterocycles. The first-order chi connectivity index (χ1) is 17.0. The van der Waals surface area contributed by atoms with Crippen LogP contribution in [0.4, 0.5) is 14.6 Å². The van der Waals surface area contributed by atoms with Crippen molar-refractivity contribution in [2.75, 3.05) is 17.7 Å². The molecule has 0 atom stereocenters. The van der Waals surface area contributed by atoms with Crippen molar-refractivity contribution >= 4 is 38.4 Å². The van der Waals surface area contributed by atoms with Gasteiger partial charge < -0.3 is 15.0 Å². The molecule has 0 aromatic carbocycles. The maximum atomic E-state index is 13.6. The Morgan fingerprint density at radius 2 is 1.97 bits per heavy atom. The molecule has 10 nitrogen and oxygen atoms in total. The fraction of sp³-hybridized carbons (Fsp3) is 0.348. The summed E-state index contributed by atoms with van der Waals surface area (Å²) >= 11 is 0. The molecule has 2 N–H and O–H groups in total. The summed E-state index contributed by atoms with van der Waals surface area (Å²) in [5.41, 5.74) is 8.54. The Balaban J connectivity index is 1.74. The predicted molar refractivity (Wildman–Crippen MR) is 130 cm³/mol. The molecule has 4 aromatic rings. The van der Waals surface area contributed by atoms with Crippen molar-refractivity contribution in [3.8, 4) is 17.3 Å². The number of rotatable bonds is 8. The number of carbonyl (C=O) groups excluding carboxylic acids is 1. The molecule has 5 rings (SSSR count). The molecular weight excluding hydrogens is 494 g/mol. The van der Waals surface area contributed by atoms with E-state index in [-0.39, 0.29) is 15.7 Å². The lowest BCUT2D eigenvalue weighted by Crippen LogP contribution is -2.35. The molecule has 0 saturated heterocycles. The second-order valence-corrected chi connectivity index (χ2v) is 10.8. The van der Waals surface area contributed by atoms with Crippen LogP contribution >= 0.6 is 0 Å². The lowest BCUT2D eigenvalue weighted by molar-refractivity contribution is 0.0999. The van der Waals surface area contributed by atoms with Gasteiger partial charge in [0.1, 0.15) is 22.8 Å². The molecule has 190 valence electrons. The third-order valence-corrected chi connectivity index (χ3v) is 7.34. The molecule has 4 aromatic heterocycles. The van der Waals surface area contributed by atoms with Gasteiger partial charge in [-0.1, -0.05) is 0 Å². The van der Waals surface area contributed by atoms with E-state index in [0.29, 0.717) is 52.7 Å². The first-order valence-electron chi connectivity index (χ1n) is 11.1. The van der Waals surface area contributed by atoms with Gasteiger partial charge in [-0.25, -0.2) is 18.4 Å². The lowest BCUT2D eigenvalue weighted by atomic mass is 10.2. The average molecular weight is 519 g/mol. The quantitative estimate of drug-likeness (QED) is 0.357.